The summed E-state index contributed by atoms with van der Waals surface area (Å²) >= 11 is 0. The lowest BCUT2D eigenvalue weighted by molar-refractivity contribution is 0.444. The highest BCUT2D eigenvalue weighted by Crippen LogP contribution is 2.25. The third-order valence-electron chi connectivity index (χ3n) is 4.62. The van der Waals surface area contributed by atoms with Gasteiger partial charge in [-0.2, -0.15) is 0 Å². The standard InChI is InChI=1S/C18H22N2O2/c1-2-15-9-5-6-10-16(15)20-12-11-19(17(21)18(20)22)13-14-7-3-4-8-14/h5-6,9-12,14H,2-4,7-8,13H2,1H3. The molecule has 0 bridgehead atoms. The molecule has 4 nitrogen and oxygen atoms in total. The molecule has 1 aromatic heterocycles. The van der Waals surface area contributed by atoms with Gasteiger partial charge < -0.3 is 4.57 Å². The Morgan fingerprint density at radius 2 is 1.77 bits per heavy atom. The summed E-state index contributed by atoms with van der Waals surface area (Å²) in [5.41, 5.74) is 0.999. The van der Waals surface area contributed by atoms with Crippen LogP contribution in [0.2, 0.25) is 0 Å². The molecule has 0 radical (unpaired) electrons. The van der Waals surface area contributed by atoms with E-state index in [2.05, 4.69) is 0 Å². The molecule has 1 saturated carbocycles. The van der Waals surface area contributed by atoms with E-state index in [1.54, 1.807) is 17.0 Å². The summed E-state index contributed by atoms with van der Waals surface area (Å²) in [5.74, 6) is 0.538. The second-order valence-corrected chi connectivity index (χ2v) is 6.06. The first-order valence-corrected chi connectivity index (χ1v) is 8.11. The molecule has 22 heavy (non-hydrogen) atoms. The van der Waals surface area contributed by atoms with Gasteiger partial charge in [0.15, 0.2) is 0 Å². The molecule has 0 unspecified atom stereocenters. The third kappa shape index (κ3) is 2.78. The van der Waals surface area contributed by atoms with E-state index in [1.807, 2.05) is 31.2 Å². The maximum Gasteiger partial charge on any atom is 0.320 e. The molecule has 1 aliphatic carbocycles. The second-order valence-electron chi connectivity index (χ2n) is 6.06. The molecule has 0 spiro atoms. The summed E-state index contributed by atoms with van der Waals surface area (Å²) in [5, 5.41) is 0. The largest absolute Gasteiger partial charge is 0.320 e. The molecule has 0 N–H and O–H groups in total. The molecular formula is C18H22N2O2. The number of aromatic nitrogens is 2. The van der Waals surface area contributed by atoms with E-state index in [1.165, 1.54) is 17.4 Å². The summed E-state index contributed by atoms with van der Waals surface area (Å²) in [6.45, 7) is 2.72. The van der Waals surface area contributed by atoms with Gasteiger partial charge in [0, 0.05) is 18.9 Å². The van der Waals surface area contributed by atoms with E-state index in [4.69, 9.17) is 0 Å². The van der Waals surface area contributed by atoms with Crippen LogP contribution in [0.3, 0.4) is 0 Å². The Labute approximate surface area is 130 Å². The lowest BCUT2D eigenvalue weighted by atomic mass is 10.1. The molecule has 0 amide bonds. The number of benzene rings is 1. The van der Waals surface area contributed by atoms with Crippen LogP contribution in [0.1, 0.15) is 38.2 Å². The molecule has 116 valence electrons. The van der Waals surface area contributed by atoms with Crippen LogP contribution < -0.4 is 11.1 Å². The number of hydrogen-bond donors (Lipinski definition) is 0. The normalized spacial score (nSPS) is 15.3. The van der Waals surface area contributed by atoms with Crippen LogP contribution in [0, 0.1) is 5.92 Å². The van der Waals surface area contributed by atoms with Crippen molar-refractivity contribution >= 4 is 0 Å². The maximum absolute atomic E-state index is 12.5. The average Bonchev–Trinajstić information content (AvgIpc) is 3.05. The highest BCUT2D eigenvalue weighted by molar-refractivity contribution is 5.40. The van der Waals surface area contributed by atoms with Crippen molar-refractivity contribution in [1.82, 2.24) is 9.13 Å². The Morgan fingerprint density at radius 3 is 2.50 bits per heavy atom. The predicted molar refractivity (Wildman–Crippen MR) is 87.6 cm³/mol. The van der Waals surface area contributed by atoms with Crippen LogP contribution in [0.15, 0.2) is 46.2 Å². The van der Waals surface area contributed by atoms with Gasteiger partial charge in [0.05, 0.1) is 5.69 Å². The molecule has 0 aliphatic heterocycles. The minimum absolute atomic E-state index is 0.416. The monoisotopic (exact) mass is 298 g/mol. The molecule has 1 heterocycles. The SMILES string of the molecule is CCc1ccccc1-n1ccn(CC2CCCC2)c(=O)c1=O. The molecule has 3 rings (SSSR count). The van der Waals surface area contributed by atoms with E-state index >= 15 is 0 Å². The van der Waals surface area contributed by atoms with Gasteiger partial charge in [-0.1, -0.05) is 38.0 Å². The van der Waals surface area contributed by atoms with Gasteiger partial charge in [0.1, 0.15) is 0 Å². The summed E-state index contributed by atoms with van der Waals surface area (Å²) in [7, 11) is 0. The number of hydrogen-bond acceptors (Lipinski definition) is 2. The van der Waals surface area contributed by atoms with Gasteiger partial charge in [-0.25, -0.2) is 0 Å². The molecule has 0 saturated heterocycles. The van der Waals surface area contributed by atoms with Crippen molar-refractivity contribution in [3.8, 4) is 5.69 Å². The first-order valence-electron chi connectivity index (χ1n) is 8.11. The summed E-state index contributed by atoms with van der Waals surface area (Å²) in [4.78, 5) is 24.8. The lowest BCUT2D eigenvalue weighted by Crippen LogP contribution is -2.41. The predicted octanol–water partition coefficient (Wildman–Crippen LogP) is 2.75. The van der Waals surface area contributed by atoms with Gasteiger partial charge >= 0.3 is 11.1 Å². The van der Waals surface area contributed by atoms with E-state index in [9.17, 15) is 9.59 Å². The number of nitrogens with zero attached hydrogens (tertiary/aromatic N) is 2. The maximum atomic E-state index is 12.5. The first-order chi connectivity index (χ1) is 10.7. The minimum Gasteiger partial charge on any atom is -0.309 e. The van der Waals surface area contributed by atoms with Gasteiger partial charge in [0.2, 0.25) is 0 Å². The van der Waals surface area contributed by atoms with Crippen LogP contribution in [0.5, 0.6) is 0 Å². The smallest absolute Gasteiger partial charge is 0.309 e. The van der Waals surface area contributed by atoms with E-state index in [-0.39, 0.29) is 0 Å². The minimum atomic E-state index is -0.457. The van der Waals surface area contributed by atoms with Crippen molar-refractivity contribution in [2.75, 3.05) is 0 Å². The van der Waals surface area contributed by atoms with Crippen LogP contribution in [-0.2, 0) is 13.0 Å². The summed E-state index contributed by atoms with van der Waals surface area (Å²) in [6.07, 6.45) is 9.11. The second kappa shape index (κ2) is 6.34. The van der Waals surface area contributed by atoms with Crippen molar-refractivity contribution < 1.29 is 0 Å². The Bertz CT molecular complexity index is 767. The molecule has 2 aromatic rings. The zero-order valence-electron chi connectivity index (χ0n) is 13.0. The van der Waals surface area contributed by atoms with Crippen molar-refractivity contribution in [3.05, 3.63) is 62.9 Å². The zero-order chi connectivity index (χ0) is 15.5. The van der Waals surface area contributed by atoms with E-state index in [0.717, 1.165) is 30.5 Å². The van der Waals surface area contributed by atoms with Gasteiger partial charge in [-0.05, 0) is 36.8 Å². The van der Waals surface area contributed by atoms with Gasteiger partial charge in [-0.15, -0.1) is 0 Å². The topological polar surface area (TPSA) is 44.0 Å². The average molecular weight is 298 g/mol. The Hall–Kier alpha value is -2.10. The van der Waals surface area contributed by atoms with Crippen molar-refractivity contribution in [2.45, 2.75) is 45.6 Å². The quantitative estimate of drug-likeness (QED) is 0.815. The Morgan fingerprint density at radius 1 is 1.05 bits per heavy atom. The molecule has 4 heteroatoms. The highest BCUT2D eigenvalue weighted by atomic mass is 16.2. The first kappa shape index (κ1) is 14.8. The van der Waals surface area contributed by atoms with Crippen LogP contribution in [-0.4, -0.2) is 9.13 Å². The third-order valence-corrected chi connectivity index (χ3v) is 4.62. The molecule has 0 atom stereocenters. The van der Waals surface area contributed by atoms with Gasteiger partial charge in [0.25, 0.3) is 0 Å². The molecule has 1 aromatic carbocycles. The van der Waals surface area contributed by atoms with Gasteiger partial charge in [-0.3, -0.25) is 14.2 Å². The number of para-hydroxylation sites is 1. The Kier molecular flexibility index (Phi) is 4.27. The summed E-state index contributed by atoms with van der Waals surface area (Å²) < 4.78 is 3.07. The number of aryl methyl sites for hydroxylation is 1. The van der Waals surface area contributed by atoms with Crippen molar-refractivity contribution in [1.29, 1.82) is 0 Å². The summed E-state index contributed by atoms with van der Waals surface area (Å²) in [6, 6.07) is 7.73. The fourth-order valence-electron chi connectivity index (χ4n) is 3.36. The molecule has 1 fully saturated rings. The molecular weight excluding hydrogens is 276 g/mol. The van der Waals surface area contributed by atoms with Crippen LogP contribution in [0.25, 0.3) is 5.69 Å². The molecule has 1 aliphatic rings. The van der Waals surface area contributed by atoms with E-state index < -0.39 is 11.1 Å². The van der Waals surface area contributed by atoms with Crippen molar-refractivity contribution in [3.63, 3.8) is 0 Å². The number of rotatable bonds is 4. The zero-order valence-corrected chi connectivity index (χ0v) is 13.0. The van der Waals surface area contributed by atoms with Crippen LogP contribution >= 0.6 is 0 Å². The fourth-order valence-corrected chi connectivity index (χ4v) is 3.36. The van der Waals surface area contributed by atoms with Crippen LogP contribution in [0.4, 0.5) is 0 Å². The highest BCUT2D eigenvalue weighted by Gasteiger charge is 2.17. The van der Waals surface area contributed by atoms with E-state index in [0.29, 0.717) is 12.5 Å². The lowest BCUT2D eigenvalue weighted by Gasteiger charge is -2.14. The fraction of sp³-hybridized carbons (Fsp3) is 0.444. The van der Waals surface area contributed by atoms with Crippen molar-refractivity contribution in [2.24, 2.45) is 5.92 Å². The Balaban J connectivity index is 1.99.